The molecule has 0 aliphatic rings. The first-order valence-corrected chi connectivity index (χ1v) is 6.73. The van der Waals surface area contributed by atoms with Gasteiger partial charge in [0.1, 0.15) is 0 Å². The van der Waals surface area contributed by atoms with E-state index in [4.69, 9.17) is 11.6 Å². The fourth-order valence-electron chi connectivity index (χ4n) is 1.68. The minimum absolute atomic E-state index is 0.112. The van der Waals surface area contributed by atoms with Crippen molar-refractivity contribution >= 4 is 23.2 Å². The molecule has 0 aliphatic carbocycles. The zero-order valence-electron chi connectivity index (χ0n) is 10.9. The topological polar surface area (TPSA) is 71.8 Å². The van der Waals surface area contributed by atoms with Gasteiger partial charge in [0.05, 0.1) is 23.5 Å². The number of rotatable bonds is 7. The first-order valence-electron chi connectivity index (χ1n) is 6.35. The molecular weight excluding hydrogens is 278 g/mol. The van der Waals surface area contributed by atoms with E-state index in [1.165, 1.54) is 0 Å². The largest absolute Gasteiger partial charge is 0.324 e. The van der Waals surface area contributed by atoms with Crippen LogP contribution in [0.15, 0.2) is 36.7 Å². The molecule has 6 nitrogen and oxygen atoms in total. The monoisotopic (exact) mass is 293 g/mol. The second kappa shape index (κ2) is 7.62. The molecule has 0 bridgehead atoms. The third kappa shape index (κ3) is 4.64. The van der Waals surface area contributed by atoms with Gasteiger partial charge in [-0.2, -0.15) is 0 Å². The standard InChI is InChI=1S/C13H16ClN5O/c14-11-4-1-2-5-12(11)17-13(20)10-15-6-3-8-19-9-7-16-18-19/h1-2,4-5,7,9,15H,3,6,8,10H2,(H,17,20). The number of carbonyl (C=O) groups is 1. The van der Waals surface area contributed by atoms with Crippen LogP contribution in [-0.4, -0.2) is 34.0 Å². The number of benzene rings is 1. The summed E-state index contributed by atoms with van der Waals surface area (Å²) >= 11 is 5.96. The molecule has 1 aromatic carbocycles. The SMILES string of the molecule is O=C(CNCCCn1ccnn1)Nc1ccccc1Cl. The van der Waals surface area contributed by atoms with Crippen molar-refractivity contribution in [3.05, 3.63) is 41.7 Å². The summed E-state index contributed by atoms with van der Waals surface area (Å²) in [4.78, 5) is 11.7. The number of hydrogen-bond donors (Lipinski definition) is 2. The summed E-state index contributed by atoms with van der Waals surface area (Å²) in [7, 11) is 0. The minimum atomic E-state index is -0.112. The molecule has 0 unspecified atom stereocenters. The molecule has 20 heavy (non-hydrogen) atoms. The second-order valence-electron chi connectivity index (χ2n) is 4.22. The Morgan fingerprint density at radius 3 is 2.95 bits per heavy atom. The second-order valence-corrected chi connectivity index (χ2v) is 4.63. The third-order valence-electron chi connectivity index (χ3n) is 2.65. The molecule has 7 heteroatoms. The van der Waals surface area contributed by atoms with Gasteiger partial charge in [-0.25, -0.2) is 0 Å². The van der Waals surface area contributed by atoms with E-state index >= 15 is 0 Å². The van der Waals surface area contributed by atoms with Crippen LogP contribution in [0.1, 0.15) is 6.42 Å². The third-order valence-corrected chi connectivity index (χ3v) is 2.98. The zero-order valence-corrected chi connectivity index (χ0v) is 11.7. The number of amides is 1. The molecule has 2 N–H and O–H groups in total. The molecule has 0 aliphatic heterocycles. The molecule has 0 atom stereocenters. The van der Waals surface area contributed by atoms with Crippen molar-refractivity contribution in [2.24, 2.45) is 0 Å². The smallest absolute Gasteiger partial charge is 0.238 e. The average Bonchev–Trinajstić information content (AvgIpc) is 2.94. The Bertz CT molecular complexity index is 543. The van der Waals surface area contributed by atoms with Crippen molar-refractivity contribution in [3.63, 3.8) is 0 Å². The summed E-state index contributed by atoms with van der Waals surface area (Å²) in [5.74, 6) is -0.112. The molecule has 106 valence electrons. The highest BCUT2D eigenvalue weighted by atomic mass is 35.5. The molecule has 1 heterocycles. The Balaban J connectivity index is 1.62. The van der Waals surface area contributed by atoms with Crippen LogP contribution in [0.4, 0.5) is 5.69 Å². The van der Waals surface area contributed by atoms with Crippen molar-refractivity contribution < 1.29 is 4.79 Å². The number of aryl methyl sites for hydroxylation is 1. The normalized spacial score (nSPS) is 10.4. The van der Waals surface area contributed by atoms with E-state index in [9.17, 15) is 4.79 Å². The lowest BCUT2D eigenvalue weighted by Gasteiger charge is -2.08. The Morgan fingerprint density at radius 2 is 2.20 bits per heavy atom. The van der Waals surface area contributed by atoms with Gasteiger partial charge in [0, 0.05) is 12.7 Å². The van der Waals surface area contributed by atoms with Gasteiger partial charge in [-0.05, 0) is 25.1 Å². The van der Waals surface area contributed by atoms with Crippen LogP contribution >= 0.6 is 11.6 Å². The summed E-state index contributed by atoms with van der Waals surface area (Å²) < 4.78 is 1.76. The van der Waals surface area contributed by atoms with E-state index in [1.54, 1.807) is 23.0 Å². The summed E-state index contributed by atoms with van der Waals surface area (Å²) in [6.07, 6.45) is 4.33. The van der Waals surface area contributed by atoms with Crippen LogP contribution in [0.2, 0.25) is 5.02 Å². The van der Waals surface area contributed by atoms with Gasteiger partial charge in [-0.1, -0.05) is 28.9 Å². The Labute approximate surface area is 122 Å². The van der Waals surface area contributed by atoms with E-state index in [2.05, 4.69) is 20.9 Å². The van der Waals surface area contributed by atoms with Crippen LogP contribution in [-0.2, 0) is 11.3 Å². The van der Waals surface area contributed by atoms with Gasteiger partial charge in [0.15, 0.2) is 0 Å². The van der Waals surface area contributed by atoms with E-state index in [-0.39, 0.29) is 12.5 Å². The van der Waals surface area contributed by atoms with Gasteiger partial charge >= 0.3 is 0 Å². The van der Waals surface area contributed by atoms with Crippen molar-refractivity contribution in [1.29, 1.82) is 0 Å². The highest BCUT2D eigenvalue weighted by molar-refractivity contribution is 6.33. The molecule has 0 saturated heterocycles. The van der Waals surface area contributed by atoms with Crippen LogP contribution in [0.3, 0.4) is 0 Å². The molecule has 2 aromatic rings. The fourth-order valence-corrected chi connectivity index (χ4v) is 1.86. The predicted molar refractivity (Wildman–Crippen MR) is 77.6 cm³/mol. The van der Waals surface area contributed by atoms with Crippen molar-refractivity contribution in [1.82, 2.24) is 20.3 Å². The predicted octanol–water partition coefficient (Wildman–Crippen LogP) is 1.55. The highest BCUT2D eigenvalue weighted by Gasteiger charge is 2.04. The fraction of sp³-hybridized carbons (Fsp3) is 0.308. The number of nitrogens with zero attached hydrogens (tertiary/aromatic N) is 3. The first kappa shape index (κ1) is 14.5. The van der Waals surface area contributed by atoms with Gasteiger partial charge in [0.25, 0.3) is 0 Å². The lowest BCUT2D eigenvalue weighted by molar-refractivity contribution is -0.115. The molecular formula is C13H16ClN5O. The number of para-hydroxylation sites is 1. The maximum atomic E-state index is 11.7. The van der Waals surface area contributed by atoms with E-state index in [0.29, 0.717) is 10.7 Å². The summed E-state index contributed by atoms with van der Waals surface area (Å²) in [5, 5.41) is 13.9. The quantitative estimate of drug-likeness (QED) is 0.760. The molecule has 1 amide bonds. The van der Waals surface area contributed by atoms with Crippen LogP contribution in [0, 0.1) is 0 Å². The summed E-state index contributed by atoms with van der Waals surface area (Å²) in [6.45, 7) is 1.76. The molecule has 0 saturated carbocycles. The lowest BCUT2D eigenvalue weighted by Crippen LogP contribution is -2.29. The Kier molecular flexibility index (Phi) is 5.52. The number of carbonyl (C=O) groups excluding carboxylic acids is 1. The van der Waals surface area contributed by atoms with Crippen molar-refractivity contribution in [2.75, 3.05) is 18.4 Å². The number of nitrogens with one attached hydrogen (secondary N) is 2. The average molecular weight is 294 g/mol. The number of halogens is 1. The van der Waals surface area contributed by atoms with Crippen molar-refractivity contribution in [2.45, 2.75) is 13.0 Å². The molecule has 0 radical (unpaired) electrons. The minimum Gasteiger partial charge on any atom is -0.324 e. The number of anilines is 1. The maximum Gasteiger partial charge on any atom is 0.238 e. The van der Waals surface area contributed by atoms with E-state index < -0.39 is 0 Å². The van der Waals surface area contributed by atoms with Crippen LogP contribution < -0.4 is 10.6 Å². The Hall–Kier alpha value is -1.92. The van der Waals surface area contributed by atoms with E-state index in [0.717, 1.165) is 19.5 Å². The molecule has 2 rings (SSSR count). The van der Waals surface area contributed by atoms with Gasteiger partial charge in [-0.15, -0.1) is 5.10 Å². The first-order chi connectivity index (χ1) is 9.75. The summed E-state index contributed by atoms with van der Waals surface area (Å²) in [5.41, 5.74) is 0.628. The zero-order chi connectivity index (χ0) is 14.2. The van der Waals surface area contributed by atoms with Gasteiger partial charge in [0.2, 0.25) is 5.91 Å². The van der Waals surface area contributed by atoms with Crippen LogP contribution in [0.5, 0.6) is 0 Å². The lowest BCUT2D eigenvalue weighted by atomic mass is 10.3. The number of aromatic nitrogens is 3. The maximum absolute atomic E-state index is 11.7. The molecule has 0 spiro atoms. The highest BCUT2D eigenvalue weighted by Crippen LogP contribution is 2.19. The Morgan fingerprint density at radius 1 is 1.35 bits per heavy atom. The number of hydrogen-bond acceptors (Lipinski definition) is 4. The molecule has 1 aromatic heterocycles. The van der Waals surface area contributed by atoms with Crippen molar-refractivity contribution in [3.8, 4) is 0 Å². The van der Waals surface area contributed by atoms with Crippen LogP contribution in [0.25, 0.3) is 0 Å². The van der Waals surface area contributed by atoms with Gasteiger partial charge in [-0.3, -0.25) is 9.48 Å². The van der Waals surface area contributed by atoms with Gasteiger partial charge < -0.3 is 10.6 Å². The van der Waals surface area contributed by atoms with E-state index in [1.807, 2.05) is 18.3 Å². The molecule has 0 fully saturated rings. The summed E-state index contributed by atoms with van der Waals surface area (Å²) in [6, 6.07) is 7.15.